The molecule has 1 unspecified atom stereocenters. The first-order valence-corrected chi connectivity index (χ1v) is 6.64. The summed E-state index contributed by atoms with van der Waals surface area (Å²) in [6.07, 6.45) is 0.402. The van der Waals surface area contributed by atoms with Crippen LogP contribution in [0.15, 0.2) is 15.4 Å². The molecule has 7 heteroatoms. The highest BCUT2D eigenvalue weighted by Gasteiger charge is 2.22. The summed E-state index contributed by atoms with van der Waals surface area (Å²) >= 11 is 0. The zero-order valence-corrected chi connectivity index (χ0v) is 10.7. The van der Waals surface area contributed by atoms with Crippen molar-refractivity contribution in [2.45, 2.75) is 38.2 Å². The van der Waals surface area contributed by atoms with Gasteiger partial charge in [0.1, 0.15) is 10.7 Å². The average molecular weight is 261 g/mol. The van der Waals surface area contributed by atoms with Crippen molar-refractivity contribution in [2.75, 3.05) is 0 Å². The molecule has 0 amide bonds. The van der Waals surface area contributed by atoms with Crippen LogP contribution in [0.1, 0.15) is 36.6 Å². The lowest BCUT2D eigenvalue weighted by Crippen LogP contribution is -2.14. The van der Waals surface area contributed by atoms with Crippen molar-refractivity contribution in [1.82, 2.24) is 0 Å². The number of sulfonamides is 1. The molecule has 0 aliphatic carbocycles. The van der Waals surface area contributed by atoms with Crippen molar-refractivity contribution in [3.05, 3.63) is 17.6 Å². The van der Waals surface area contributed by atoms with Crippen LogP contribution in [0.25, 0.3) is 0 Å². The second-order valence-corrected chi connectivity index (χ2v) is 5.23. The van der Waals surface area contributed by atoms with Crippen LogP contribution in [0, 0.1) is 6.92 Å². The molecule has 0 spiro atoms. The van der Waals surface area contributed by atoms with Gasteiger partial charge in [0.05, 0.1) is 6.10 Å². The highest BCUT2D eigenvalue weighted by Crippen LogP contribution is 2.19. The van der Waals surface area contributed by atoms with Crippen molar-refractivity contribution < 1.29 is 22.4 Å². The zero-order valence-electron chi connectivity index (χ0n) is 9.89. The number of furan rings is 1. The van der Waals surface area contributed by atoms with E-state index in [1.54, 1.807) is 6.92 Å². The van der Waals surface area contributed by atoms with Gasteiger partial charge in [-0.05, 0) is 20.3 Å². The minimum Gasteiger partial charge on any atom is -0.457 e. The van der Waals surface area contributed by atoms with Crippen LogP contribution in [-0.4, -0.2) is 20.5 Å². The highest BCUT2D eigenvalue weighted by atomic mass is 32.2. The first kappa shape index (κ1) is 13.7. The fourth-order valence-corrected chi connectivity index (χ4v) is 1.89. The summed E-state index contributed by atoms with van der Waals surface area (Å²) in [6, 6.07) is 1.08. The molecule has 96 valence electrons. The number of rotatable bonds is 4. The Bertz CT molecular complexity index is 517. The van der Waals surface area contributed by atoms with E-state index in [4.69, 9.17) is 14.3 Å². The van der Waals surface area contributed by atoms with Crippen LogP contribution in [0.3, 0.4) is 0 Å². The average Bonchev–Trinajstić information content (AvgIpc) is 2.59. The van der Waals surface area contributed by atoms with Crippen molar-refractivity contribution in [3.63, 3.8) is 0 Å². The second-order valence-electron chi connectivity index (χ2n) is 3.70. The molecule has 0 aliphatic rings. The van der Waals surface area contributed by atoms with E-state index < -0.39 is 16.0 Å². The van der Waals surface area contributed by atoms with Crippen LogP contribution in [0.5, 0.6) is 0 Å². The third-order valence-electron chi connectivity index (χ3n) is 2.26. The lowest BCUT2D eigenvalue weighted by Gasteiger charge is -2.08. The number of hydrogen-bond acceptors (Lipinski definition) is 5. The summed E-state index contributed by atoms with van der Waals surface area (Å²) in [6.45, 7) is 5.01. The van der Waals surface area contributed by atoms with Crippen LogP contribution >= 0.6 is 0 Å². The van der Waals surface area contributed by atoms with E-state index in [9.17, 15) is 13.2 Å². The zero-order chi connectivity index (χ0) is 13.2. The third-order valence-corrected chi connectivity index (χ3v) is 3.28. The van der Waals surface area contributed by atoms with E-state index in [1.807, 2.05) is 6.92 Å². The SMILES string of the molecule is CCC(C)OC(=O)c1cc(S(N)(=O)=O)c(C)o1. The molecule has 1 rings (SSSR count). The maximum Gasteiger partial charge on any atom is 0.374 e. The van der Waals surface area contributed by atoms with E-state index in [2.05, 4.69) is 0 Å². The molecule has 1 aromatic rings. The van der Waals surface area contributed by atoms with Gasteiger partial charge >= 0.3 is 5.97 Å². The van der Waals surface area contributed by atoms with E-state index in [0.29, 0.717) is 6.42 Å². The standard InChI is InChI=1S/C10H15NO5S/c1-4-6(2)15-10(12)8-5-9(7(3)16-8)17(11,13)14/h5-6H,4H2,1-3H3,(H2,11,13,14). The Morgan fingerprint density at radius 3 is 2.59 bits per heavy atom. The van der Waals surface area contributed by atoms with Crippen LogP contribution in [-0.2, 0) is 14.8 Å². The molecule has 0 aromatic carbocycles. The molecule has 1 heterocycles. The Hall–Kier alpha value is -1.34. The molecule has 0 bridgehead atoms. The Morgan fingerprint density at radius 2 is 2.18 bits per heavy atom. The van der Waals surface area contributed by atoms with Gasteiger partial charge in [0.2, 0.25) is 15.8 Å². The van der Waals surface area contributed by atoms with Crippen LogP contribution < -0.4 is 5.14 Å². The molecule has 0 radical (unpaired) electrons. The van der Waals surface area contributed by atoms with Gasteiger partial charge in [-0.1, -0.05) is 6.92 Å². The molecule has 0 saturated carbocycles. The molecular weight excluding hydrogens is 246 g/mol. The van der Waals surface area contributed by atoms with Gasteiger partial charge < -0.3 is 9.15 Å². The molecule has 1 aromatic heterocycles. The van der Waals surface area contributed by atoms with Crippen molar-refractivity contribution >= 4 is 16.0 Å². The molecular formula is C10H15NO5S. The Kier molecular flexibility index (Phi) is 3.94. The minimum absolute atomic E-state index is 0.0728. The van der Waals surface area contributed by atoms with Gasteiger partial charge in [-0.15, -0.1) is 0 Å². The quantitative estimate of drug-likeness (QED) is 0.820. The Labute approximate surface area is 99.8 Å². The number of hydrogen-bond donors (Lipinski definition) is 1. The minimum atomic E-state index is -3.88. The third kappa shape index (κ3) is 3.31. The summed E-state index contributed by atoms with van der Waals surface area (Å²) in [7, 11) is -3.88. The maximum absolute atomic E-state index is 11.6. The molecule has 6 nitrogen and oxygen atoms in total. The first-order chi connectivity index (χ1) is 7.75. The molecule has 0 aliphatic heterocycles. The van der Waals surface area contributed by atoms with E-state index >= 15 is 0 Å². The summed E-state index contributed by atoms with van der Waals surface area (Å²) in [5, 5.41) is 4.96. The smallest absolute Gasteiger partial charge is 0.374 e. The predicted molar refractivity (Wildman–Crippen MR) is 60.0 cm³/mol. The monoisotopic (exact) mass is 261 g/mol. The van der Waals surface area contributed by atoms with E-state index in [0.717, 1.165) is 6.07 Å². The number of esters is 1. The van der Waals surface area contributed by atoms with Gasteiger partial charge in [-0.3, -0.25) is 0 Å². The number of nitrogens with two attached hydrogens (primary N) is 1. The van der Waals surface area contributed by atoms with Gasteiger partial charge in [-0.2, -0.15) is 0 Å². The van der Waals surface area contributed by atoms with Gasteiger partial charge in [0.15, 0.2) is 0 Å². The lowest BCUT2D eigenvalue weighted by molar-refractivity contribution is 0.0297. The normalized spacial score (nSPS) is 13.4. The molecule has 17 heavy (non-hydrogen) atoms. The van der Waals surface area contributed by atoms with Crippen LogP contribution in [0.2, 0.25) is 0 Å². The maximum atomic E-state index is 11.6. The summed E-state index contributed by atoms with van der Waals surface area (Å²) in [5.41, 5.74) is 0. The summed E-state index contributed by atoms with van der Waals surface area (Å²) in [5.74, 6) is -0.784. The second kappa shape index (κ2) is 4.89. The lowest BCUT2D eigenvalue weighted by atomic mass is 10.3. The van der Waals surface area contributed by atoms with Crippen LogP contribution in [0.4, 0.5) is 0 Å². The molecule has 2 N–H and O–H groups in total. The van der Waals surface area contributed by atoms with E-state index in [-0.39, 0.29) is 22.5 Å². The van der Waals surface area contributed by atoms with Crippen molar-refractivity contribution in [1.29, 1.82) is 0 Å². The topological polar surface area (TPSA) is 99.6 Å². The van der Waals surface area contributed by atoms with E-state index in [1.165, 1.54) is 6.92 Å². The predicted octanol–water partition coefficient (Wildman–Crippen LogP) is 1.19. The molecule has 0 fully saturated rings. The number of ether oxygens (including phenoxy) is 1. The fraction of sp³-hybridized carbons (Fsp3) is 0.500. The Morgan fingerprint density at radius 1 is 1.59 bits per heavy atom. The Balaban J connectivity index is 2.99. The van der Waals surface area contributed by atoms with Crippen molar-refractivity contribution in [2.24, 2.45) is 5.14 Å². The number of aryl methyl sites for hydroxylation is 1. The van der Waals surface area contributed by atoms with Crippen molar-refractivity contribution in [3.8, 4) is 0 Å². The number of carbonyl (C=O) groups excluding carboxylic acids is 1. The molecule has 1 atom stereocenters. The van der Waals surface area contributed by atoms with Gasteiger partial charge in [-0.25, -0.2) is 18.4 Å². The fourth-order valence-electron chi connectivity index (χ4n) is 1.17. The molecule has 0 saturated heterocycles. The number of carbonyl (C=O) groups is 1. The first-order valence-electron chi connectivity index (χ1n) is 5.10. The number of primary sulfonamides is 1. The van der Waals surface area contributed by atoms with Gasteiger partial charge in [0.25, 0.3) is 0 Å². The van der Waals surface area contributed by atoms with Gasteiger partial charge in [0, 0.05) is 6.07 Å². The summed E-state index contributed by atoms with van der Waals surface area (Å²) < 4.78 is 32.3. The largest absolute Gasteiger partial charge is 0.457 e. The highest BCUT2D eigenvalue weighted by molar-refractivity contribution is 7.89. The summed E-state index contributed by atoms with van der Waals surface area (Å²) in [4.78, 5) is 11.4.